The van der Waals surface area contributed by atoms with E-state index in [0.29, 0.717) is 16.6 Å². The Morgan fingerprint density at radius 3 is 1.93 bits per heavy atom. The van der Waals surface area contributed by atoms with Crippen LogP contribution in [0.25, 0.3) is 0 Å². The van der Waals surface area contributed by atoms with Gasteiger partial charge >= 0.3 is 6.03 Å². The molecule has 2 heterocycles. The van der Waals surface area contributed by atoms with Crippen molar-refractivity contribution >= 4 is 29.2 Å². The summed E-state index contributed by atoms with van der Waals surface area (Å²) in [4.78, 5) is 16.5. The van der Waals surface area contributed by atoms with E-state index in [0.717, 1.165) is 50.0 Å². The topological polar surface area (TPSA) is 32.8 Å². The molecule has 0 aliphatic carbocycles. The van der Waals surface area contributed by atoms with Crippen molar-refractivity contribution in [1.29, 1.82) is 0 Å². The van der Waals surface area contributed by atoms with E-state index in [4.69, 9.17) is 27.9 Å². The highest BCUT2D eigenvalue weighted by Crippen LogP contribution is 2.31. The van der Waals surface area contributed by atoms with Gasteiger partial charge in [0.05, 0.1) is 6.10 Å². The fraction of sp³-hybridized carbons (Fsp3) is 0.409. The molecule has 0 bridgehead atoms. The van der Waals surface area contributed by atoms with E-state index < -0.39 is 0 Å². The predicted molar refractivity (Wildman–Crippen MR) is 112 cm³/mol. The van der Waals surface area contributed by atoms with Crippen molar-refractivity contribution in [1.82, 2.24) is 9.80 Å². The number of amides is 2. The Hall–Kier alpha value is -1.75. The van der Waals surface area contributed by atoms with Gasteiger partial charge in [0.25, 0.3) is 0 Å². The maximum absolute atomic E-state index is 12.7. The van der Waals surface area contributed by atoms with Crippen LogP contribution in [0, 0.1) is 0 Å². The van der Waals surface area contributed by atoms with Gasteiger partial charge in [-0.05, 0) is 54.7 Å². The van der Waals surface area contributed by atoms with Gasteiger partial charge in [-0.2, -0.15) is 0 Å². The quantitative estimate of drug-likeness (QED) is 0.666. The van der Waals surface area contributed by atoms with Crippen LogP contribution in [-0.2, 0) is 4.74 Å². The molecule has 4 nitrogen and oxygen atoms in total. The Bertz CT molecular complexity index is 759. The number of urea groups is 1. The van der Waals surface area contributed by atoms with E-state index in [9.17, 15) is 4.79 Å². The molecule has 2 fully saturated rings. The van der Waals surface area contributed by atoms with Crippen LogP contribution in [-0.4, -0.2) is 48.1 Å². The number of likely N-dealkylation sites (tertiary alicyclic amines) is 2. The zero-order valence-electron chi connectivity index (χ0n) is 15.7. The van der Waals surface area contributed by atoms with Crippen molar-refractivity contribution < 1.29 is 9.53 Å². The SMILES string of the molecule is O=C(N1CCCC1)N1CCC(OC(c2ccc(Cl)cc2)c2ccc(Cl)cc2)C1. The highest BCUT2D eigenvalue weighted by atomic mass is 35.5. The maximum Gasteiger partial charge on any atom is 0.320 e. The first-order valence-electron chi connectivity index (χ1n) is 9.80. The van der Waals surface area contributed by atoms with Gasteiger partial charge < -0.3 is 14.5 Å². The standard InChI is InChI=1S/C22H24Cl2N2O2/c23-18-7-3-16(4-8-18)21(17-5-9-19(24)10-6-17)28-20-11-14-26(15-20)22(27)25-12-1-2-13-25/h3-10,20-21H,1-2,11-15H2. The summed E-state index contributed by atoms with van der Waals surface area (Å²) >= 11 is 12.1. The number of carbonyl (C=O) groups excluding carboxylic acids is 1. The van der Waals surface area contributed by atoms with Gasteiger partial charge in [-0.25, -0.2) is 4.79 Å². The van der Waals surface area contributed by atoms with Crippen LogP contribution < -0.4 is 0 Å². The molecular weight excluding hydrogens is 395 g/mol. The normalized spacial score (nSPS) is 19.6. The van der Waals surface area contributed by atoms with Gasteiger partial charge in [-0.15, -0.1) is 0 Å². The second-order valence-corrected chi connectivity index (χ2v) is 8.33. The molecule has 4 rings (SSSR count). The molecule has 148 valence electrons. The van der Waals surface area contributed by atoms with Crippen LogP contribution in [0.15, 0.2) is 48.5 Å². The van der Waals surface area contributed by atoms with Crippen molar-refractivity contribution in [3.63, 3.8) is 0 Å². The van der Waals surface area contributed by atoms with Crippen LogP contribution in [0.2, 0.25) is 10.0 Å². The van der Waals surface area contributed by atoms with E-state index in [1.807, 2.05) is 58.3 Å². The van der Waals surface area contributed by atoms with Gasteiger partial charge in [0.15, 0.2) is 0 Å². The molecule has 0 saturated carbocycles. The van der Waals surface area contributed by atoms with Crippen molar-refractivity contribution in [2.45, 2.75) is 31.5 Å². The fourth-order valence-electron chi connectivity index (χ4n) is 3.94. The minimum Gasteiger partial charge on any atom is -0.364 e. The van der Waals surface area contributed by atoms with E-state index in [-0.39, 0.29) is 18.2 Å². The summed E-state index contributed by atoms with van der Waals surface area (Å²) in [5, 5.41) is 1.39. The molecule has 1 atom stereocenters. The Labute approximate surface area is 176 Å². The summed E-state index contributed by atoms with van der Waals surface area (Å²) in [7, 11) is 0. The van der Waals surface area contributed by atoms with E-state index in [1.165, 1.54) is 0 Å². The van der Waals surface area contributed by atoms with E-state index >= 15 is 0 Å². The first-order valence-corrected chi connectivity index (χ1v) is 10.6. The van der Waals surface area contributed by atoms with Gasteiger partial charge in [0, 0.05) is 36.2 Å². The third-order valence-corrected chi connectivity index (χ3v) is 5.97. The summed E-state index contributed by atoms with van der Waals surface area (Å²) in [5.41, 5.74) is 2.08. The molecule has 2 aromatic carbocycles. The van der Waals surface area contributed by atoms with E-state index in [2.05, 4.69) is 0 Å². The summed E-state index contributed by atoms with van der Waals surface area (Å²) < 4.78 is 6.51. The maximum atomic E-state index is 12.7. The van der Waals surface area contributed by atoms with Crippen LogP contribution in [0.5, 0.6) is 0 Å². The molecule has 6 heteroatoms. The molecule has 2 amide bonds. The predicted octanol–water partition coefficient (Wildman–Crippen LogP) is 5.39. The Morgan fingerprint density at radius 2 is 1.39 bits per heavy atom. The zero-order chi connectivity index (χ0) is 19.5. The lowest BCUT2D eigenvalue weighted by Gasteiger charge is -2.26. The van der Waals surface area contributed by atoms with Gasteiger partial charge in [-0.1, -0.05) is 47.5 Å². The van der Waals surface area contributed by atoms with Gasteiger partial charge in [-0.3, -0.25) is 0 Å². The lowest BCUT2D eigenvalue weighted by molar-refractivity contribution is 0.0153. The number of hydrogen-bond acceptors (Lipinski definition) is 2. The van der Waals surface area contributed by atoms with Crippen LogP contribution in [0.4, 0.5) is 4.79 Å². The largest absolute Gasteiger partial charge is 0.364 e. The molecule has 2 aliphatic rings. The Kier molecular flexibility index (Phi) is 6.10. The number of nitrogens with zero attached hydrogens (tertiary/aromatic N) is 2. The molecular formula is C22H24Cl2N2O2. The average Bonchev–Trinajstić information content (AvgIpc) is 3.40. The summed E-state index contributed by atoms with van der Waals surface area (Å²) in [6.07, 6.45) is 2.84. The molecule has 28 heavy (non-hydrogen) atoms. The number of hydrogen-bond donors (Lipinski definition) is 0. The second kappa shape index (κ2) is 8.73. The first kappa shape index (κ1) is 19.6. The second-order valence-electron chi connectivity index (χ2n) is 7.45. The number of ether oxygens (including phenoxy) is 1. The Morgan fingerprint density at radius 1 is 0.857 bits per heavy atom. The number of rotatable bonds is 4. The summed E-state index contributed by atoms with van der Waals surface area (Å²) in [5.74, 6) is 0. The van der Waals surface area contributed by atoms with Crippen molar-refractivity contribution in [3.05, 3.63) is 69.7 Å². The third kappa shape index (κ3) is 4.45. The molecule has 0 spiro atoms. The molecule has 1 unspecified atom stereocenters. The summed E-state index contributed by atoms with van der Waals surface area (Å²) in [6, 6.07) is 15.6. The van der Waals surface area contributed by atoms with Crippen LogP contribution in [0.1, 0.15) is 36.5 Å². The number of benzene rings is 2. The molecule has 0 N–H and O–H groups in total. The molecule has 0 radical (unpaired) electrons. The Balaban J connectivity index is 1.49. The zero-order valence-corrected chi connectivity index (χ0v) is 17.2. The lowest BCUT2D eigenvalue weighted by atomic mass is 10.0. The van der Waals surface area contributed by atoms with Gasteiger partial charge in [0.1, 0.15) is 6.10 Å². The van der Waals surface area contributed by atoms with Crippen molar-refractivity contribution in [2.75, 3.05) is 26.2 Å². The van der Waals surface area contributed by atoms with E-state index in [1.54, 1.807) is 0 Å². The number of carbonyl (C=O) groups is 1. The van der Waals surface area contributed by atoms with Crippen molar-refractivity contribution in [2.24, 2.45) is 0 Å². The minimum absolute atomic E-state index is 0.00269. The van der Waals surface area contributed by atoms with Gasteiger partial charge in [0.2, 0.25) is 0 Å². The first-order chi connectivity index (χ1) is 13.6. The molecule has 2 aromatic rings. The highest BCUT2D eigenvalue weighted by Gasteiger charge is 2.32. The monoisotopic (exact) mass is 418 g/mol. The summed E-state index contributed by atoms with van der Waals surface area (Å²) in [6.45, 7) is 3.12. The average molecular weight is 419 g/mol. The number of halogens is 2. The molecule has 2 aliphatic heterocycles. The third-order valence-electron chi connectivity index (χ3n) is 5.47. The molecule has 0 aromatic heterocycles. The highest BCUT2D eigenvalue weighted by molar-refractivity contribution is 6.30. The van der Waals surface area contributed by atoms with Crippen LogP contribution >= 0.6 is 23.2 Å². The fourth-order valence-corrected chi connectivity index (χ4v) is 4.19. The smallest absolute Gasteiger partial charge is 0.320 e. The minimum atomic E-state index is -0.221. The molecule has 2 saturated heterocycles. The lowest BCUT2D eigenvalue weighted by Crippen LogP contribution is -2.41. The van der Waals surface area contributed by atoms with Crippen LogP contribution in [0.3, 0.4) is 0 Å². The van der Waals surface area contributed by atoms with Crippen molar-refractivity contribution in [3.8, 4) is 0 Å².